The average Bonchev–Trinajstić information content (AvgIpc) is 2.79. The lowest BCUT2D eigenvalue weighted by Crippen LogP contribution is -1.98. The number of rotatable bonds is 3. The van der Waals surface area contributed by atoms with Crippen LogP contribution in [0.4, 0.5) is 0 Å². The van der Waals surface area contributed by atoms with E-state index in [1.165, 1.54) is 5.39 Å². The van der Waals surface area contributed by atoms with Crippen molar-refractivity contribution in [3.63, 3.8) is 0 Å². The zero-order valence-corrected chi connectivity index (χ0v) is 10.3. The Labute approximate surface area is 105 Å². The molecule has 1 N–H and O–H groups in total. The van der Waals surface area contributed by atoms with Crippen molar-refractivity contribution in [3.8, 4) is 0 Å². The first-order valence-corrected chi connectivity index (χ1v) is 6.14. The van der Waals surface area contributed by atoms with Gasteiger partial charge in [0, 0.05) is 6.61 Å². The Morgan fingerprint density at radius 3 is 2.89 bits per heavy atom. The van der Waals surface area contributed by atoms with Crippen molar-refractivity contribution in [1.82, 2.24) is 14.6 Å². The third kappa shape index (κ3) is 1.66. The molecule has 2 heterocycles. The van der Waals surface area contributed by atoms with Crippen LogP contribution in [0.2, 0.25) is 0 Å². The van der Waals surface area contributed by atoms with E-state index in [0.717, 1.165) is 35.4 Å². The number of fused-ring (bicyclic) bond motifs is 3. The fraction of sp³-hybridized carbons (Fsp3) is 0.286. The topological polar surface area (TPSA) is 50.4 Å². The molecule has 0 radical (unpaired) electrons. The first kappa shape index (κ1) is 11.2. The number of aryl methyl sites for hydroxylation is 2. The van der Waals surface area contributed by atoms with Gasteiger partial charge in [-0.2, -0.15) is 0 Å². The Kier molecular flexibility index (Phi) is 2.72. The molecule has 4 nitrogen and oxygen atoms in total. The van der Waals surface area contributed by atoms with E-state index in [0.29, 0.717) is 0 Å². The molecule has 3 rings (SSSR count). The molecule has 0 aliphatic heterocycles. The van der Waals surface area contributed by atoms with Gasteiger partial charge in [0.2, 0.25) is 0 Å². The lowest BCUT2D eigenvalue weighted by molar-refractivity contribution is 0.288. The number of aromatic nitrogens is 3. The lowest BCUT2D eigenvalue weighted by Gasteiger charge is -2.07. The Bertz CT molecular complexity index is 703. The van der Waals surface area contributed by atoms with E-state index < -0.39 is 0 Å². The largest absolute Gasteiger partial charge is 0.396 e. The number of para-hydroxylation sites is 1. The maximum Gasteiger partial charge on any atom is 0.164 e. The summed E-state index contributed by atoms with van der Waals surface area (Å²) in [5, 5.41) is 18.6. The number of benzene rings is 1. The van der Waals surface area contributed by atoms with E-state index in [-0.39, 0.29) is 6.61 Å². The van der Waals surface area contributed by atoms with Gasteiger partial charge in [0.25, 0.3) is 0 Å². The van der Waals surface area contributed by atoms with Crippen LogP contribution < -0.4 is 0 Å². The highest BCUT2D eigenvalue weighted by Gasteiger charge is 2.10. The smallest absolute Gasteiger partial charge is 0.164 e. The number of hydrogen-bond donors (Lipinski definition) is 1. The maximum atomic E-state index is 8.98. The minimum Gasteiger partial charge on any atom is -0.396 e. The summed E-state index contributed by atoms with van der Waals surface area (Å²) in [5.74, 6) is 0.895. The van der Waals surface area contributed by atoms with Crippen LogP contribution in [0.5, 0.6) is 0 Å². The predicted octanol–water partition coefficient (Wildman–Crippen LogP) is 2.12. The van der Waals surface area contributed by atoms with Crippen molar-refractivity contribution >= 4 is 16.6 Å². The van der Waals surface area contributed by atoms with Crippen LogP contribution in [-0.4, -0.2) is 26.3 Å². The molecule has 0 spiro atoms. The standard InChI is InChI=1S/C14H15N3O/c1-10-15-16-14-12(6-4-8-18)9-11-5-2-3-7-13(11)17(10)14/h2-3,5,7,9,18H,4,6,8H2,1H3. The molecular weight excluding hydrogens is 226 g/mol. The second kappa shape index (κ2) is 4.38. The van der Waals surface area contributed by atoms with Crippen LogP contribution in [0.25, 0.3) is 16.6 Å². The molecule has 0 unspecified atom stereocenters. The van der Waals surface area contributed by atoms with Crippen molar-refractivity contribution in [2.75, 3.05) is 6.61 Å². The summed E-state index contributed by atoms with van der Waals surface area (Å²) in [6, 6.07) is 10.4. The first-order chi connectivity index (χ1) is 8.81. The van der Waals surface area contributed by atoms with Crippen LogP contribution >= 0.6 is 0 Å². The van der Waals surface area contributed by atoms with Gasteiger partial charge in [0.1, 0.15) is 5.82 Å². The third-order valence-corrected chi connectivity index (χ3v) is 3.22. The van der Waals surface area contributed by atoms with Crippen molar-refractivity contribution in [2.45, 2.75) is 19.8 Å². The van der Waals surface area contributed by atoms with E-state index >= 15 is 0 Å². The maximum absolute atomic E-state index is 8.98. The summed E-state index contributed by atoms with van der Waals surface area (Å²) in [6.07, 6.45) is 1.57. The van der Waals surface area contributed by atoms with Gasteiger partial charge in [-0.3, -0.25) is 4.40 Å². The van der Waals surface area contributed by atoms with Gasteiger partial charge in [-0.25, -0.2) is 0 Å². The van der Waals surface area contributed by atoms with E-state index in [1.807, 2.05) is 19.1 Å². The number of nitrogens with zero attached hydrogens (tertiary/aromatic N) is 3. The zero-order valence-electron chi connectivity index (χ0n) is 10.3. The summed E-state index contributed by atoms with van der Waals surface area (Å²) in [7, 11) is 0. The first-order valence-electron chi connectivity index (χ1n) is 6.14. The Morgan fingerprint density at radius 1 is 1.22 bits per heavy atom. The summed E-state index contributed by atoms with van der Waals surface area (Å²) in [4.78, 5) is 0. The molecule has 0 amide bonds. The minimum absolute atomic E-state index is 0.201. The molecule has 1 aromatic carbocycles. The fourth-order valence-electron chi connectivity index (χ4n) is 2.38. The van der Waals surface area contributed by atoms with Crippen molar-refractivity contribution in [1.29, 1.82) is 0 Å². The molecule has 92 valence electrons. The Morgan fingerprint density at radius 2 is 2.06 bits per heavy atom. The van der Waals surface area contributed by atoms with Crippen molar-refractivity contribution < 1.29 is 5.11 Å². The van der Waals surface area contributed by atoms with E-state index in [1.54, 1.807) is 0 Å². The molecule has 4 heteroatoms. The minimum atomic E-state index is 0.201. The summed E-state index contributed by atoms with van der Waals surface area (Å²) in [5.41, 5.74) is 3.17. The van der Waals surface area contributed by atoms with Gasteiger partial charge in [-0.05, 0) is 42.8 Å². The monoisotopic (exact) mass is 241 g/mol. The highest BCUT2D eigenvalue weighted by Crippen LogP contribution is 2.22. The van der Waals surface area contributed by atoms with Crippen LogP contribution in [0, 0.1) is 6.92 Å². The number of aliphatic hydroxyl groups is 1. The molecule has 0 aliphatic rings. The Hall–Kier alpha value is -1.94. The van der Waals surface area contributed by atoms with Gasteiger partial charge >= 0.3 is 0 Å². The molecule has 0 saturated heterocycles. The lowest BCUT2D eigenvalue weighted by atomic mass is 10.1. The molecule has 0 fully saturated rings. The molecule has 0 saturated carbocycles. The number of pyridine rings is 1. The number of aliphatic hydroxyl groups excluding tert-OH is 1. The van der Waals surface area contributed by atoms with Crippen LogP contribution in [-0.2, 0) is 6.42 Å². The third-order valence-electron chi connectivity index (χ3n) is 3.22. The number of hydrogen-bond acceptors (Lipinski definition) is 3. The molecule has 3 aromatic rings. The van der Waals surface area contributed by atoms with Gasteiger partial charge in [-0.15, -0.1) is 10.2 Å². The van der Waals surface area contributed by atoms with Crippen LogP contribution in [0.3, 0.4) is 0 Å². The quantitative estimate of drug-likeness (QED) is 0.764. The molecule has 0 atom stereocenters. The van der Waals surface area contributed by atoms with Gasteiger partial charge < -0.3 is 5.11 Å². The average molecular weight is 241 g/mol. The SMILES string of the molecule is Cc1nnc2c(CCCO)cc3ccccc3n12. The molecule has 18 heavy (non-hydrogen) atoms. The van der Waals surface area contributed by atoms with E-state index in [9.17, 15) is 0 Å². The predicted molar refractivity (Wildman–Crippen MR) is 70.6 cm³/mol. The van der Waals surface area contributed by atoms with E-state index in [4.69, 9.17) is 5.11 Å². The van der Waals surface area contributed by atoms with E-state index in [2.05, 4.69) is 32.8 Å². The highest BCUT2D eigenvalue weighted by atomic mass is 16.2. The second-order valence-electron chi connectivity index (χ2n) is 4.46. The van der Waals surface area contributed by atoms with Crippen LogP contribution in [0.15, 0.2) is 30.3 Å². The molecule has 0 aliphatic carbocycles. The van der Waals surface area contributed by atoms with Gasteiger partial charge in [-0.1, -0.05) is 18.2 Å². The second-order valence-corrected chi connectivity index (χ2v) is 4.46. The zero-order chi connectivity index (χ0) is 12.5. The Balaban J connectivity index is 2.33. The van der Waals surface area contributed by atoms with Crippen LogP contribution in [0.1, 0.15) is 17.8 Å². The summed E-state index contributed by atoms with van der Waals surface area (Å²) >= 11 is 0. The summed E-state index contributed by atoms with van der Waals surface area (Å²) < 4.78 is 2.09. The summed E-state index contributed by atoms with van der Waals surface area (Å²) in [6.45, 7) is 2.16. The molecular formula is C14H15N3O. The van der Waals surface area contributed by atoms with Crippen molar-refractivity contribution in [2.24, 2.45) is 0 Å². The highest BCUT2D eigenvalue weighted by molar-refractivity contribution is 5.83. The fourth-order valence-corrected chi connectivity index (χ4v) is 2.38. The van der Waals surface area contributed by atoms with Gasteiger partial charge in [0.15, 0.2) is 5.65 Å². The molecule has 0 bridgehead atoms. The van der Waals surface area contributed by atoms with Gasteiger partial charge in [0.05, 0.1) is 5.52 Å². The normalized spacial score (nSPS) is 11.4. The van der Waals surface area contributed by atoms with Crippen molar-refractivity contribution in [3.05, 3.63) is 41.7 Å². The molecule has 2 aromatic heterocycles.